The number of rotatable bonds is 1. The van der Waals surface area contributed by atoms with Crippen LogP contribution >= 0.6 is 0 Å². The molecule has 0 unspecified atom stereocenters. The first-order chi connectivity index (χ1) is 10.8. The van der Waals surface area contributed by atoms with Gasteiger partial charge in [0.2, 0.25) is 5.82 Å². The number of benzene rings is 1. The Hall–Kier alpha value is -3.09. The van der Waals surface area contributed by atoms with Crippen LogP contribution in [0.3, 0.4) is 0 Å². The van der Waals surface area contributed by atoms with Crippen molar-refractivity contribution in [3.8, 4) is 5.75 Å². The van der Waals surface area contributed by atoms with E-state index in [2.05, 4.69) is 0 Å². The van der Waals surface area contributed by atoms with Crippen LogP contribution in [0.5, 0.6) is 5.75 Å². The van der Waals surface area contributed by atoms with Crippen LogP contribution in [-0.2, 0) is 21.1 Å². The molecular formula is C11H13FN5O8Pt-. The van der Waals surface area contributed by atoms with E-state index in [1.54, 1.807) is 17.1 Å². The largest absolute Gasteiger partial charge is 2.00 e. The molecule has 0 fully saturated rings. The molecule has 1 aromatic heterocycles. The molecule has 0 saturated heterocycles. The van der Waals surface area contributed by atoms with Crippen LogP contribution in [0, 0.1) is 15.9 Å². The first-order valence-electron chi connectivity index (χ1n) is 5.42. The second-order valence-electron chi connectivity index (χ2n) is 3.46. The van der Waals surface area contributed by atoms with Gasteiger partial charge in [0.15, 0.2) is 0 Å². The molecule has 0 aliphatic carbocycles. The number of aromatic hydroxyl groups is 1. The van der Waals surface area contributed by atoms with Gasteiger partial charge in [0, 0.05) is 6.20 Å². The fourth-order valence-corrected chi connectivity index (χ4v) is 1.10. The summed E-state index contributed by atoms with van der Waals surface area (Å²) < 4.78 is 11.8. The van der Waals surface area contributed by atoms with Crippen molar-refractivity contribution in [2.45, 2.75) is 0 Å². The number of nitrogens with two attached hydrogens (primary N) is 2. The maximum Gasteiger partial charge on any atom is 2.00 e. The minimum absolute atomic E-state index is 0. The van der Waals surface area contributed by atoms with E-state index in [4.69, 9.17) is 25.5 Å². The molecule has 0 bridgehead atoms. The number of nitrogens with zero attached hydrogens (tertiary/aromatic N) is 2. The molecule has 0 atom stereocenters. The summed E-state index contributed by atoms with van der Waals surface area (Å²) in [4.78, 5) is 40.6. The first-order valence-corrected chi connectivity index (χ1v) is 5.42. The van der Waals surface area contributed by atoms with Crippen molar-refractivity contribution < 1.29 is 45.7 Å². The zero-order chi connectivity index (χ0) is 18.0. The first kappa shape index (κ1) is 30.8. The van der Waals surface area contributed by atoms with Crippen molar-refractivity contribution in [3.63, 3.8) is 0 Å². The standard InChI is InChI=1S/C7H6O3.C4H3FN2O3.HNO2.2H2N.Pt/c8-6-4-2-1-3-5(6)7(9)10;5-2-1-6-4(9)7(10)3(2)8;2-1-3;;;/h1-4,8H,(H,9,10);1,10H,(H,6,9);(H,2,3);2*1H2;/q;;;2*-1;+2/p-1. The molecule has 8 N–H and O–H groups in total. The maximum absolute atomic E-state index is 12.1. The number of hydrogen-bond donors (Lipinski definition) is 4. The molecule has 2 rings (SSSR count). The Morgan fingerprint density at radius 1 is 1.23 bits per heavy atom. The topological polar surface area (TPSA) is 252 Å². The fourth-order valence-electron chi connectivity index (χ4n) is 1.10. The monoisotopic (exact) mass is 557 g/mol. The molecular weight excluding hydrogens is 544 g/mol. The SMILES string of the molecule is O=C(O)c1ccccc1O.O=N[O-].O=c1[nH]cc(F)c(=O)n1O.[NH2-].[NH2-].[Pt+2]. The van der Waals surface area contributed by atoms with Gasteiger partial charge >= 0.3 is 38.3 Å². The van der Waals surface area contributed by atoms with Crippen molar-refractivity contribution in [1.82, 2.24) is 9.71 Å². The molecule has 148 valence electrons. The van der Waals surface area contributed by atoms with Crippen LogP contribution in [0.25, 0.3) is 12.3 Å². The molecule has 0 amide bonds. The van der Waals surface area contributed by atoms with E-state index in [1.165, 1.54) is 12.1 Å². The van der Waals surface area contributed by atoms with Crippen LogP contribution in [0.1, 0.15) is 10.4 Å². The zero-order valence-electron chi connectivity index (χ0n) is 12.5. The quantitative estimate of drug-likeness (QED) is 0.227. The predicted molar refractivity (Wildman–Crippen MR) is 83.3 cm³/mol. The van der Waals surface area contributed by atoms with Crippen molar-refractivity contribution in [3.05, 3.63) is 85.1 Å². The van der Waals surface area contributed by atoms with Gasteiger partial charge in [-0.1, -0.05) is 16.9 Å². The summed E-state index contributed by atoms with van der Waals surface area (Å²) in [7, 11) is 0. The van der Waals surface area contributed by atoms with Gasteiger partial charge in [-0.05, 0) is 12.1 Å². The Morgan fingerprint density at radius 2 is 1.69 bits per heavy atom. The average Bonchev–Trinajstić information content (AvgIpc) is 2.51. The maximum atomic E-state index is 12.1. The molecule has 0 aliphatic heterocycles. The number of aromatic carboxylic acids is 1. The second-order valence-corrected chi connectivity index (χ2v) is 3.46. The number of phenols is 1. The number of carbonyl (C=O) groups is 1. The van der Waals surface area contributed by atoms with Gasteiger partial charge in [-0.2, -0.15) is 4.39 Å². The number of H-pyrrole nitrogens is 1. The van der Waals surface area contributed by atoms with Gasteiger partial charge in [0.1, 0.15) is 11.3 Å². The zero-order valence-corrected chi connectivity index (χ0v) is 14.8. The van der Waals surface area contributed by atoms with Gasteiger partial charge in [-0.3, -0.25) is 4.79 Å². The number of aromatic nitrogens is 2. The summed E-state index contributed by atoms with van der Waals surface area (Å²) >= 11 is 0. The van der Waals surface area contributed by atoms with Crippen molar-refractivity contribution >= 4 is 5.97 Å². The van der Waals surface area contributed by atoms with E-state index >= 15 is 0 Å². The van der Waals surface area contributed by atoms with E-state index in [9.17, 15) is 18.8 Å². The number of carboxylic acid groups (broad SMARTS) is 1. The Kier molecular flexibility index (Phi) is 18.3. The second kappa shape index (κ2) is 15.4. The Bertz CT molecular complexity index is 797. The summed E-state index contributed by atoms with van der Waals surface area (Å²) in [5.74, 6) is -2.52. The third-order valence-electron chi connectivity index (χ3n) is 2.05. The summed E-state index contributed by atoms with van der Waals surface area (Å²) in [5.41, 5.74) is -2.49. The van der Waals surface area contributed by atoms with E-state index in [-0.39, 0.29) is 49.4 Å². The summed E-state index contributed by atoms with van der Waals surface area (Å²) in [5, 5.41) is 34.7. The van der Waals surface area contributed by atoms with E-state index in [1.807, 2.05) is 0 Å². The molecule has 0 saturated carbocycles. The van der Waals surface area contributed by atoms with Crippen LogP contribution in [-0.4, -0.2) is 31.1 Å². The summed E-state index contributed by atoms with van der Waals surface area (Å²) in [6.07, 6.45) is 0.581. The molecule has 0 spiro atoms. The molecule has 0 radical (unpaired) electrons. The smallest absolute Gasteiger partial charge is 0.693 e. The van der Waals surface area contributed by atoms with Crippen LogP contribution in [0.15, 0.2) is 45.4 Å². The molecule has 1 heterocycles. The number of carboxylic acids is 1. The van der Waals surface area contributed by atoms with Crippen molar-refractivity contribution in [2.24, 2.45) is 5.34 Å². The van der Waals surface area contributed by atoms with Crippen LogP contribution in [0.4, 0.5) is 4.39 Å². The normalized spacial score (nSPS) is 7.73. The van der Waals surface area contributed by atoms with Gasteiger partial charge in [0.25, 0.3) is 0 Å². The molecule has 26 heavy (non-hydrogen) atoms. The van der Waals surface area contributed by atoms with Gasteiger partial charge in [-0.15, -0.1) is 5.34 Å². The van der Waals surface area contributed by atoms with Crippen LogP contribution in [0.2, 0.25) is 0 Å². The number of halogens is 1. The van der Waals surface area contributed by atoms with Gasteiger partial charge in [-0.25, -0.2) is 9.59 Å². The van der Waals surface area contributed by atoms with E-state index in [0.717, 1.165) is 5.34 Å². The number of hydrogen-bond acceptors (Lipinski definition) is 8. The fraction of sp³-hybridized carbons (Fsp3) is 0. The Morgan fingerprint density at radius 3 is 2.04 bits per heavy atom. The number of aromatic amines is 1. The molecule has 15 heteroatoms. The van der Waals surface area contributed by atoms with Crippen molar-refractivity contribution in [1.29, 1.82) is 0 Å². The van der Waals surface area contributed by atoms with E-state index < -0.39 is 23.0 Å². The average molecular weight is 557 g/mol. The molecule has 13 nitrogen and oxygen atoms in total. The van der Waals surface area contributed by atoms with Crippen LogP contribution < -0.4 is 11.2 Å². The Balaban J connectivity index is -0.000000147. The summed E-state index contributed by atoms with van der Waals surface area (Å²) in [6, 6.07) is 5.81. The minimum atomic E-state index is -1.36. The minimum Gasteiger partial charge on any atom is -0.693 e. The van der Waals surface area contributed by atoms with Gasteiger partial charge < -0.3 is 42.8 Å². The third kappa shape index (κ3) is 9.92. The van der Waals surface area contributed by atoms with Crippen molar-refractivity contribution in [2.75, 3.05) is 0 Å². The predicted octanol–water partition coefficient (Wildman–Crippen LogP) is 1.69. The van der Waals surface area contributed by atoms with E-state index in [0.29, 0.717) is 6.20 Å². The third-order valence-corrected chi connectivity index (χ3v) is 2.05. The van der Waals surface area contributed by atoms with Gasteiger partial charge in [0.05, 0.1) is 0 Å². The molecule has 0 aliphatic rings. The molecule has 2 aromatic rings. The molecule has 1 aromatic carbocycles. The Labute approximate surface area is 158 Å². The number of nitrogens with one attached hydrogen (secondary N) is 1. The number of para-hydroxylation sites is 1. The summed E-state index contributed by atoms with van der Waals surface area (Å²) in [6.45, 7) is 0.